The van der Waals surface area contributed by atoms with E-state index in [9.17, 15) is 0 Å². The molecule has 0 radical (unpaired) electrons. The van der Waals surface area contributed by atoms with Crippen LogP contribution in [-0.2, 0) is 0 Å². The second kappa shape index (κ2) is 3.39. The third-order valence-corrected chi connectivity index (χ3v) is 3.48. The van der Waals surface area contributed by atoms with E-state index < -0.39 is 0 Å². The Morgan fingerprint density at radius 3 is 2.82 bits per heavy atom. The first-order valence-electron chi connectivity index (χ1n) is 5.99. The van der Waals surface area contributed by atoms with Crippen LogP contribution in [0.1, 0.15) is 26.7 Å². The summed E-state index contributed by atoms with van der Waals surface area (Å²) in [5.41, 5.74) is 8.02. The normalized spacial score (nSPS) is 16.4. The van der Waals surface area contributed by atoms with Crippen LogP contribution < -0.4 is 11.1 Å². The van der Waals surface area contributed by atoms with E-state index in [0.29, 0.717) is 11.7 Å². The van der Waals surface area contributed by atoms with E-state index in [0.717, 1.165) is 17.0 Å². The number of hydrogen-bond acceptors (Lipinski definition) is 4. The van der Waals surface area contributed by atoms with Crippen molar-refractivity contribution in [1.29, 1.82) is 0 Å². The van der Waals surface area contributed by atoms with Gasteiger partial charge >= 0.3 is 0 Å². The maximum Gasteiger partial charge on any atom is 0.296 e. The van der Waals surface area contributed by atoms with Crippen LogP contribution in [0.15, 0.2) is 22.6 Å². The highest BCUT2D eigenvalue weighted by Gasteiger charge is 2.38. The number of nitrogens with two attached hydrogens (primary N) is 1. The van der Waals surface area contributed by atoms with Crippen molar-refractivity contribution in [3.8, 4) is 0 Å². The topological polar surface area (TPSA) is 64.1 Å². The summed E-state index contributed by atoms with van der Waals surface area (Å²) in [6.07, 6.45) is 2.56. The Hall–Kier alpha value is -1.71. The molecule has 3 rings (SSSR count). The molecule has 3 N–H and O–H groups in total. The van der Waals surface area contributed by atoms with Crippen LogP contribution >= 0.6 is 0 Å². The minimum absolute atomic E-state index is 0.0373. The first-order valence-corrected chi connectivity index (χ1v) is 5.99. The van der Waals surface area contributed by atoms with Gasteiger partial charge in [-0.2, -0.15) is 4.98 Å². The standard InChI is InChI=1S/C13H17N3O/c1-13(2,8-6-7-8)16-12-15-11-9(14)4-3-5-10(11)17-12/h3-5,8H,6-7,14H2,1-2H3,(H,15,16). The van der Waals surface area contributed by atoms with E-state index in [1.165, 1.54) is 12.8 Å². The van der Waals surface area contributed by atoms with Gasteiger partial charge in [0.05, 0.1) is 5.69 Å². The molecule has 1 fully saturated rings. The molecule has 1 saturated carbocycles. The lowest BCUT2D eigenvalue weighted by Crippen LogP contribution is -2.33. The Labute approximate surface area is 100 Å². The Kier molecular flexibility index (Phi) is 2.08. The molecule has 1 heterocycles. The smallest absolute Gasteiger partial charge is 0.296 e. The number of rotatable bonds is 3. The Bertz CT molecular complexity index is 555. The number of benzene rings is 1. The van der Waals surface area contributed by atoms with Crippen LogP contribution in [0.2, 0.25) is 0 Å². The molecule has 17 heavy (non-hydrogen) atoms. The van der Waals surface area contributed by atoms with E-state index in [-0.39, 0.29) is 5.54 Å². The molecule has 1 aliphatic rings. The number of para-hydroxylation sites is 1. The molecule has 4 nitrogen and oxygen atoms in total. The molecule has 1 aliphatic carbocycles. The van der Waals surface area contributed by atoms with Gasteiger partial charge in [-0.15, -0.1) is 0 Å². The second-order valence-electron chi connectivity index (χ2n) is 5.33. The van der Waals surface area contributed by atoms with Crippen LogP contribution in [-0.4, -0.2) is 10.5 Å². The molecule has 1 aromatic heterocycles. The molecular formula is C13H17N3O. The molecule has 0 amide bonds. The summed E-state index contributed by atoms with van der Waals surface area (Å²) >= 11 is 0. The lowest BCUT2D eigenvalue weighted by molar-refractivity contribution is 0.468. The summed E-state index contributed by atoms with van der Waals surface area (Å²) in [6, 6.07) is 6.16. The summed E-state index contributed by atoms with van der Waals surface area (Å²) in [7, 11) is 0. The number of nitrogens with one attached hydrogen (secondary N) is 1. The highest BCUT2D eigenvalue weighted by molar-refractivity contribution is 5.86. The predicted molar refractivity (Wildman–Crippen MR) is 68.8 cm³/mol. The number of hydrogen-bond donors (Lipinski definition) is 2. The summed E-state index contributed by atoms with van der Waals surface area (Å²) in [6.45, 7) is 4.37. The van der Waals surface area contributed by atoms with Crippen molar-refractivity contribution in [2.24, 2.45) is 5.92 Å². The van der Waals surface area contributed by atoms with E-state index in [4.69, 9.17) is 10.2 Å². The molecule has 0 unspecified atom stereocenters. The SMILES string of the molecule is CC(C)(Nc1nc2c(N)cccc2o1)C1CC1. The van der Waals surface area contributed by atoms with Crippen molar-refractivity contribution >= 4 is 22.8 Å². The van der Waals surface area contributed by atoms with Crippen LogP contribution in [0.5, 0.6) is 0 Å². The molecule has 4 heteroatoms. The third-order valence-electron chi connectivity index (χ3n) is 3.48. The van der Waals surface area contributed by atoms with E-state index in [1.54, 1.807) is 0 Å². The van der Waals surface area contributed by atoms with Gasteiger partial charge in [-0.05, 0) is 44.7 Å². The first kappa shape index (κ1) is 10.4. The van der Waals surface area contributed by atoms with Crippen LogP contribution in [0.4, 0.5) is 11.7 Å². The highest BCUT2D eigenvalue weighted by Crippen LogP contribution is 2.41. The van der Waals surface area contributed by atoms with E-state index in [1.807, 2.05) is 18.2 Å². The van der Waals surface area contributed by atoms with Gasteiger partial charge in [0, 0.05) is 5.54 Å². The number of nitrogen functional groups attached to an aromatic ring is 1. The summed E-state index contributed by atoms with van der Waals surface area (Å²) in [5, 5.41) is 3.36. The molecule has 0 atom stereocenters. The van der Waals surface area contributed by atoms with Gasteiger partial charge in [-0.1, -0.05) is 6.07 Å². The highest BCUT2D eigenvalue weighted by atomic mass is 16.4. The lowest BCUT2D eigenvalue weighted by atomic mass is 9.99. The van der Waals surface area contributed by atoms with E-state index >= 15 is 0 Å². The molecule has 0 saturated heterocycles. The number of aromatic nitrogens is 1. The molecular weight excluding hydrogens is 214 g/mol. The van der Waals surface area contributed by atoms with E-state index in [2.05, 4.69) is 24.1 Å². The summed E-state index contributed by atoms with van der Waals surface area (Å²) in [5.74, 6) is 0.717. The maximum atomic E-state index is 5.86. The first-order chi connectivity index (χ1) is 8.06. The Balaban J connectivity index is 1.93. The average molecular weight is 231 g/mol. The number of oxazole rings is 1. The van der Waals surface area contributed by atoms with Crippen LogP contribution in [0.3, 0.4) is 0 Å². The number of fused-ring (bicyclic) bond motifs is 1. The van der Waals surface area contributed by atoms with Crippen molar-refractivity contribution in [3.63, 3.8) is 0 Å². The van der Waals surface area contributed by atoms with Crippen LogP contribution in [0.25, 0.3) is 11.1 Å². The van der Waals surface area contributed by atoms with Crippen molar-refractivity contribution in [2.75, 3.05) is 11.1 Å². The van der Waals surface area contributed by atoms with Gasteiger partial charge in [0.2, 0.25) is 0 Å². The molecule has 0 spiro atoms. The fraction of sp³-hybridized carbons (Fsp3) is 0.462. The molecule has 0 aliphatic heterocycles. The van der Waals surface area contributed by atoms with Gasteiger partial charge in [0.25, 0.3) is 6.01 Å². The molecule has 90 valence electrons. The lowest BCUT2D eigenvalue weighted by Gasteiger charge is -2.24. The molecule has 0 bridgehead atoms. The summed E-state index contributed by atoms with van der Waals surface area (Å²) < 4.78 is 5.66. The average Bonchev–Trinajstić information content (AvgIpc) is 3.02. The van der Waals surface area contributed by atoms with Gasteiger partial charge in [-0.3, -0.25) is 0 Å². The Morgan fingerprint density at radius 2 is 2.18 bits per heavy atom. The van der Waals surface area contributed by atoms with Crippen molar-refractivity contribution in [2.45, 2.75) is 32.2 Å². The van der Waals surface area contributed by atoms with Crippen LogP contribution in [0, 0.1) is 5.92 Å². The van der Waals surface area contributed by atoms with Crippen molar-refractivity contribution in [3.05, 3.63) is 18.2 Å². The van der Waals surface area contributed by atoms with Gasteiger partial charge in [0.1, 0.15) is 5.52 Å². The predicted octanol–water partition coefficient (Wildman–Crippen LogP) is 3.01. The zero-order valence-electron chi connectivity index (χ0n) is 10.2. The zero-order valence-corrected chi connectivity index (χ0v) is 10.2. The monoisotopic (exact) mass is 231 g/mol. The minimum atomic E-state index is 0.0373. The summed E-state index contributed by atoms with van der Waals surface area (Å²) in [4.78, 5) is 4.40. The molecule has 1 aromatic carbocycles. The maximum absolute atomic E-state index is 5.86. The largest absolute Gasteiger partial charge is 0.423 e. The van der Waals surface area contributed by atoms with Gasteiger partial charge in [0.15, 0.2) is 5.58 Å². The van der Waals surface area contributed by atoms with Gasteiger partial charge < -0.3 is 15.5 Å². The number of anilines is 2. The zero-order chi connectivity index (χ0) is 12.0. The fourth-order valence-electron chi connectivity index (χ4n) is 2.21. The van der Waals surface area contributed by atoms with Crippen molar-refractivity contribution < 1.29 is 4.42 Å². The quantitative estimate of drug-likeness (QED) is 0.797. The third kappa shape index (κ3) is 1.84. The molecule has 2 aromatic rings. The number of nitrogens with zero attached hydrogens (tertiary/aromatic N) is 1. The minimum Gasteiger partial charge on any atom is -0.423 e. The second-order valence-corrected chi connectivity index (χ2v) is 5.33. The fourth-order valence-corrected chi connectivity index (χ4v) is 2.21. The van der Waals surface area contributed by atoms with Gasteiger partial charge in [-0.25, -0.2) is 0 Å². The van der Waals surface area contributed by atoms with Crippen molar-refractivity contribution in [1.82, 2.24) is 4.98 Å². The Morgan fingerprint density at radius 1 is 1.41 bits per heavy atom.